The normalized spacial score (nSPS) is 17.2. The van der Waals surface area contributed by atoms with Gasteiger partial charge in [0.05, 0.1) is 18.6 Å². The van der Waals surface area contributed by atoms with Crippen molar-refractivity contribution >= 4 is 5.91 Å². The number of carbonyl (C=O) groups excluding carboxylic acids is 1. The molecule has 0 N–H and O–H groups in total. The molecule has 1 rings (SSSR count). The van der Waals surface area contributed by atoms with Crippen LogP contribution in [0.25, 0.3) is 0 Å². The van der Waals surface area contributed by atoms with Crippen LogP contribution < -0.4 is 0 Å². The first kappa shape index (κ1) is 14.5. The van der Waals surface area contributed by atoms with Gasteiger partial charge in [0.15, 0.2) is 0 Å². The SMILES string of the molecule is CC(C)CN(CCC#N)C(=O)C1(C#N)CCCC1. The van der Waals surface area contributed by atoms with Gasteiger partial charge in [-0.2, -0.15) is 10.5 Å². The Bertz CT molecular complexity index is 369. The lowest BCUT2D eigenvalue weighted by molar-refractivity contribution is -0.139. The van der Waals surface area contributed by atoms with Crippen molar-refractivity contribution in [2.45, 2.75) is 46.0 Å². The molecule has 1 aliphatic rings. The molecule has 0 bridgehead atoms. The first-order valence-corrected chi connectivity index (χ1v) is 6.63. The van der Waals surface area contributed by atoms with Crippen molar-refractivity contribution in [3.05, 3.63) is 0 Å². The summed E-state index contributed by atoms with van der Waals surface area (Å²) in [6.07, 6.45) is 3.58. The average Bonchev–Trinajstić information content (AvgIpc) is 2.83. The maximum absolute atomic E-state index is 12.5. The largest absolute Gasteiger partial charge is 0.340 e. The van der Waals surface area contributed by atoms with E-state index in [-0.39, 0.29) is 5.91 Å². The van der Waals surface area contributed by atoms with Gasteiger partial charge in [-0.3, -0.25) is 4.79 Å². The molecule has 1 amide bonds. The van der Waals surface area contributed by atoms with Crippen LogP contribution in [0.4, 0.5) is 0 Å². The highest BCUT2D eigenvalue weighted by Crippen LogP contribution is 2.39. The first-order valence-electron chi connectivity index (χ1n) is 6.63. The van der Waals surface area contributed by atoms with Gasteiger partial charge in [0.25, 0.3) is 0 Å². The van der Waals surface area contributed by atoms with Crippen LogP contribution in [-0.2, 0) is 4.79 Å². The maximum Gasteiger partial charge on any atom is 0.243 e. The number of carbonyl (C=O) groups is 1. The third-order valence-corrected chi connectivity index (χ3v) is 3.45. The minimum atomic E-state index is -0.815. The van der Waals surface area contributed by atoms with E-state index in [0.717, 1.165) is 12.8 Å². The van der Waals surface area contributed by atoms with Crippen molar-refractivity contribution in [3.8, 4) is 12.1 Å². The summed E-state index contributed by atoms with van der Waals surface area (Å²) in [6, 6.07) is 4.30. The summed E-state index contributed by atoms with van der Waals surface area (Å²) in [4.78, 5) is 14.2. The fourth-order valence-corrected chi connectivity index (χ4v) is 2.56. The molecule has 98 valence electrons. The number of amides is 1. The van der Waals surface area contributed by atoms with Crippen LogP contribution in [0, 0.1) is 34.0 Å². The molecule has 0 unspecified atom stereocenters. The third-order valence-electron chi connectivity index (χ3n) is 3.45. The Morgan fingerprint density at radius 2 is 1.94 bits per heavy atom. The van der Waals surface area contributed by atoms with Crippen molar-refractivity contribution in [1.29, 1.82) is 10.5 Å². The molecule has 0 aromatic carbocycles. The van der Waals surface area contributed by atoms with Crippen LogP contribution in [0.15, 0.2) is 0 Å². The van der Waals surface area contributed by atoms with Gasteiger partial charge in [-0.15, -0.1) is 0 Å². The van der Waals surface area contributed by atoms with Crippen molar-refractivity contribution in [2.24, 2.45) is 11.3 Å². The molecule has 0 saturated heterocycles. The molecule has 0 aromatic heterocycles. The minimum Gasteiger partial charge on any atom is -0.340 e. The van der Waals surface area contributed by atoms with E-state index in [0.29, 0.717) is 38.3 Å². The summed E-state index contributed by atoms with van der Waals surface area (Å²) < 4.78 is 0. The summed E-state index contributed by atoms with van der Waals surface area (Å²) in [5.41, 5.74) is -0.815. The maximum atomic E-state index is 12.5. The van der Waals surface area contributed by atoms with E-state index in [1.165, 1.54) is 0 Å². The lowest BCUT2D eigenvalue weighted by atomic mass is 9.86. The second-order valence-electron chi connectivity index (χ2n) is 5.45. The van der Waals surface area contributed by atoms with Crippen molar-refractivity contribution in [3.63, 3.8) is 0 Å². The second kappa shape index (κ2) is 6.40. The molecule has 1 aliphatic carbocycles. The van der Waals surface area contributed by atoms with Gasteiger partial charge in [0.1, 0.15) is 5.41 Å². The number of nitriles is 2. The summed E-state index contributed by atoms with van der Waals surface area (Å²) in [6.45, 7) is 5.15. The predicted molar refractivity (Wildman–Crippen MR) is 68.2 cm³/mol. The van der Waals surface area contributed by atoms with E-state index in [9.17, 15) is 10.1 Å². The summed E-state index contributed by atoms with van der Waals surface area (Å²) in [7, 11) is 0. The van der Waals surface area contributed by atoms with E-state index < -0.39 is 5.41 Å². The zero-order valence-corrected chi connectivity index (χ0v) is 11.3. The van der Waals surface area contributed by atoms with Gasteiger partial charge in [0.2, 0.25) is 5.91 Å². The molecule has 4 nitrogen and oxygen atoms in total. The summed E-state index contributed by atoms with van der Waals surface area (Å²) in [5.74, 6) is 0.288. The quantitative estimate of drug-likeness (QED) is 0.749. The molecule has 0 aromatic rings. The predicted octanol–water partition coefficient (Wildman–Crippen LogP) is 2.47. The van der Waals surface area contributed by atoms with Crippen LogP contribution in [-0.4, -0.2) is 23.9 Å². The van der Waals surface area contributed by atoms with Crippen molar-refractivity contribution in [2.75, 3.05) is 13.1 Å². The number of nitrogens with zero attached hydrogens (tertiary/aromatic N) is 3. The highest BCUT2D eigenvalue weighted by atomic mass is 16.2. The second-order valence-corrected chi connectivity index (χ2v) is 5.45. The number of hydrogen-bond donors (Lipinski definition) is 0. The van der Waals surface area contributed by atoms with Crippen molar-refractivity contribution < 1.29 is 4.79 Å². The van der Waals surface area contributed by atoms with Crippen LogP contribution in [0.3, 0.4) is 0 Å². The molecule has 0 heterocycles. The molecule has 0 radical (unpaired) electrons. The minimum absolute atomic E-state index is 0.0635. The number of rotatable bonds is 5. The number of hydrogen-bond acceptors (Lipinski definition) is 3. The first-order chi connectivity index (χ1) is 8.55. The zero-order valence-electron chi connectivity index (χ0n) is 11.3. The topological polar surface area (TPSA) is 67.9 Å². The summed E-state index contributed by atoms with van der Waals surface area (Å²) >= 11 is 0. The molecular weight excluding hydrogens is 226 g/mol. The molecular formula is C14H21N3O. The van der Waals surface area contributed by atoms with Crippen LogP contribution in [0.1, 0.15) is 46.0 Å². The fraction of sp³-hybridized carbons (Fsp3) is 0.786. The third kappa shape index (κ3) is 3.23. The molecule has 0 atom stereocenters. The molecule has 1 saturated carbocycles. The Kier molecular flexibility index (Phi) is 5.16. The summed E-state index contributed by atoms with van der Waals surface area (Å²) in [5, 5.41) is 18.0. The van der Waals surface area contributed by atoms with Crippen LogP contribution >= 0.6 is 0 Å². The van der Waals surface area contributed by atoms with Gasteiger partial charge in [-0.1, -0.05) is 26.7 Å². The lowest BCUT2D eigenvalue weighted by Crippen LogP contribution is -2.44. The van der Waals surface area contributed by atoms with E-state index in [4.69, 9.17) is 5.26 Å². The van der Waals surface area contributed by atoms with E-state index in [1.807, 2.05) is 13.8 Å². The lowest BCUT2D eigenvalue weighted by Gasteiger charge is -2.30. The molecule has 0 spiro atoms. The fourth-order valence-electron chi connectivity index (χ4n) is 2.56. The molecule has 1 fully saturated rings. The zero-order chi connectivity index (χ0) is 13.6. The smallest absolute Gasteiger partial charge is 0.243 e. The van der Waals surface area contributed by atoms with Crippen LogP contribution in [0.2, 0.25) is 0 Å². The van der Waals surface area contributed by atoms with Gasteiger partial charge in [-0.05, 0) is 18.8 Å². The Labute approximate surface area is 109 Å². The molecule has 18 heavy (non-hydrogen) atoms. The highest BCUT2D eigenvalue weighted by molar-refractivity contribution is 5.85. The monoisotopic (exact) mass is 247 g/mol. The molecule has 4 heteroatoms. The van der Waals surface area contributed by atoms with Gasteiger partial charge in [0, 0.05) is 13.1 Å². The molecule has 0 aliphatic heterocycles. The van der Waals surface area contributed by atoms with Gasteiger partial charge in [-0.25, -0.2) is 0 Å². The van der Waals surface area contributed by atoms with Crippen LogP contribution in [0.5, 0.6) is 0 Å². The Hall–Kier alpha value is -1.55. The van der Waals surface area contributed by atoms with Crippen molar-refractivity contribution in [1.82, 2.24) is 4.90 Å². The van der Waals surface area contributed by atoms with Gasteiger partial charge < -0.3 is 4.90 Å². The van der Waals surface area contributed by atoms with Gasteiger partial charge >= 0.3 is 0 Å². The van der Waals surface area contributed by atoms with E-state index in [2.05, 4.69) is 12.1 Å². The Morgan fingerprint density at radius 1 is 1.33 bits per heavy atom. The van der Waals surface area contributed by atoms with E-state index >= 15 is 0 Å². The highest BCUT2D eigenvalue weighted by Gasteiger charge is 2.43. The Balaban J connectivity index is 2.80. The average molecular weight is 247 g/mol. The van der Waals surface area contributed by atoms with E-state index in [1.54, 1.807) is 4.90 Å². The Morgan fingerprint density at radius 3 is 2.39 bits per heavy atom. The standard InChI is InChI=1S/C14H21N3O/c1-12(2)10-17(9-5-8-15)13(18)14(11-16)6-3-4-7-14/h12H,3-7,9-10H2,1-2H3.